The van der Waals surface area contributed by atoms with Gasteiger partial charge in [-0.25, -0.2) is 4.79 Å². The lowest BCUT2D eigenvalue weighted by Crippen LogP contribution is -2.53. The lowest BCUT2D eigenvalue weighted by atomic mass is 10.1. The number of likely N-dealkylation sites (N-methyl/N-ethyl adjacent to an activating group) is 1. The van der Waals surface area contributed by atoms with Crippen LogP contribution in [0.4, 0.5) is 4.79 Å². The van der Waals surface area contributed by atoms with E-state index >= 15 is 0 Å². The molecule has 0 fully saturated rings. The van der Waals surface area contributed by atoms with Crippen LogP contribution in [0.3, 0.4) is 0 Å². The maximum Gasteiger partial charge on any atom is 0.323 e. The summed E-state index contributed by atoms with van der Waals surface area (Å²) in [5.74, 6) is -1.02. The van der Waals surface area contributed by atoms with Crippen LogP contribution < -0.4 is 0 Å². The number of carbonyl (C=O) groups excluding carboxylic acids is 1. The maximum atomic E-state index is 12.2. The SMILES string of the molecule is CC(C)OCCN(C)C(=O)N(CC(=O)O)C(C)(C)C. The van der Waals surface area contributed by atoms with Gasteiger partial charge >= 0.3 is 12.0 Å². The van der Waals surface area contributed by atoms with Gasteiger partial charge in [-0.15, -0.1) is 0 Å². The number of hydrogen-bond acceptors (Lipinski definition) is 3. The molecule has 0 aliphatic heterocycles. The molecule has 0 aliphatic rings. The first-order valence-electron chi connectivity index (χ1n) is 6.41. The number of amides is 2. The predicted molar refractivity (Wildman–Crippen MR) is 73.2 cm³/mol. The average Bonchev–Trinajstić information content (AvgIpc) is 2.22. The lowest BCUT2D eigenvalue weighted by molar-refractivity contribution is -0.138. The first-order chi connectivity index (χ1) is 8.55. The highest BCUT2D eigenvalue weighted by molar-refractivity contribution is 5.80. The van der Waals surface area contributed by atoms with Crippen molar-refractivity contribution in [3.8, 4) is 0 Å². The smallest absolute Gasteiger partial charge is 0.323 e. The van der Waals surface area contributed by atoms with Crippen molar-refractivity contribution in [1.29, 1.82) is 0 Å². The summed E-state index contributed by atoms with van der Waals surface area (Å²) in [4.78, 5) is 25.9. The Labute approximate surface area is 115 Å². The van der Waals surface area contributed by atoms with Gasteiger partial charge < -0.3 is 19.6 Å². The topological polar surface area (TPSA) is 70.1 Å². The highest BCUT2D eigenvalue weighted by atomic mass is 16.5. The van der Waals surface area contributed by atoms with Crippen molar-refractivity contribution in [2.24, 2.45) is 0 Å². The lowest BCUT2D eigenvalue weighted by Gasteiger charge is -2.37. The summed E-state index contributed by atoms with van der Waals surface area (Å²) in [5.41, 5.74) is -0.539. The Morgan fingerprint density at radius 2 is 1.79 bits per heavy atom. The van der Waals surface area contributed by atoms with Crippen molar-refractivity contribution in [3.63, 3.8) is 0 Å². The fourth-order valence-corrected chi connectivity index (χ4v) is 1.45. The molecule has 1 N–H and O–H groups in total. The predicted octanol–water partition coefficient (Wildman–Crippen LogP) is 1.65. The van der Waals surface area contributed by atoms with E-state index in [9.17, 15) is 9.59 Å². The summed E-state index contributed by atoms with van der Waals surface area (Å²) < 4.78 is 5.38. The number of hydrogen-bond donors (Lipinski definition) is 1. The maximum absolute atomic E-state index is 12.2. The molecule has 0 rings (SSSR count). The normalized spacial score (nSPS) is 11.5. The van der Waals surface area contributed by atoms with Crippen LogP contribution in [0, 0.1) is 0 Å². The zero-order valence-corrected chi connectivity index (χ0v) is 12.8. The van der Waals surface area contributed by atoms with Gasteiger partial charge in [0.15, 0.2) is 0 Å². The van der Waals surface area contributed by atoms with Crippen LogP contribution in [0.25, 0.3) is 0 Å². The average molecular weight is 274 g/mol. The molecule has 0 aromatic rings. The van der Waals surface area contributed by atoms with E-state index in [0.717, 1.165) is 0 Å². The molecule has 6 nitrogen and oxygen atoms in total. The van der Waals surface area contributed by atoms with Gasteiger partial charge in [0.25, 0.3) is 0 Å². The zero-order chi connectivity index (χ0) is 15.2. The largest absolute Gasteiger partial charge is 0.480 e. The highest BCUT2D eigenvalue weighted by Crippen LogP contribution is 2.15. The second kappa shape index (κ2) is 7.33. The van der Waals surface area contributed by atoms with Crippen molar-refractivity contribution in [2.45, 2.75) is 46.3 Å². The Kier molecular flexibility index (Phi) is 6.83. The third kappa shape index (κ3) is 7.00. The molecule has 0 unspecified atom stereocenters. The van der Waals surface area contributed by atoms with Crippen molar-refractivity contribution in [3.05, 3.63) is 0 Å². The number of aliphatic carboxylic acids is 1. The molecule has 6 heteroatoms. The van der Waals surface area contributed by atoms with Gasteiger partial charge in [0.2, 0.25) is 0 Å². The molecular weight excluding hydrogens is 248 g/mol. The van der Waals surface area contributed by atoms with Crippen LogP contribution in [-0.4, -0.2) is 65.3 Å². The number of nitrogens with zero attached hydrogens (tertiary/aromatic N) is 2. The van der Waals surface area contributed by atoms with Gasteiger partial charge in [-0.2, -0.15) is 0 Å². The van der Waals surface area contributed by atoms with Crippen LogP contribution >= 0.6 is 0 Å². The van der Waals surface area contributed by atoms with Crippen LogP contribution in [0.5, 0.6) is 0 Å². The number of carboxylic acids is 1. The van der Waals surface area contributed by atoms with Crippen molar-refractivity contribution >= 4 is 12.0 Å². The molecular formula is C13H26N2O4. The molecule has 0 aromatic heterocycles. The van der Waals surface area contributed by atoms with Crippen LogP contribution in [0.15, 0.2) is 0 Å². The van der Waals surface area contributed by atoms with Gasteiger partial charge in [0.05, 0.1) is 12.7 Å². The fourth-order valence-electron chi connectivity index (χ4n) is 1.45. The first-order valence-corrected chi connectivity index (χ1v) is 6.41. The molecule has 19 heavy (non-hydrogen) atoms. The van der Waals surface area contributed by atoms with Gasteiger partial charge in [-0.1, -0.05) is 0 Å². The Balaban J connectivity index is 4.57. The van der Waals surface area contributed by atoms with Gasteiger partial charge in [-0.05, 0) is 34.6 Å². The third-order valence-corrected chi connectivity index (χ3v) is 2.54. The molecule has 0 atom stereocenters. The van der Waals surface area contributed by atoms with E-state index in [-0.39, 0.29) is 18.7 Å². The summed E-state index contributed by atoms with van der Waals surface area (Å²) in [6.45, 7) is 9.85. The monoisotopic (exact) mass is 274 g/mol. The van der Waals surface area contributed by atoms with E-state index in [0.29, 0.717) is 13.2 Å². The number of carbonyl (C=O) groups is 2. The summed E-state index contributed by atoms with van der Waals surface area (Å²) in [6.07, 6.45) is 0.112. The first kappa shape index (κ1) is 17.7. The molecule has 0 bridgehead atoms. The second-order valence-electron chi connectivity index (χ2n) is 5.77. The van der Waals surface area contributed by atoms with Crippen LogP contribution in [-0.2, 0) is 9.53 Å². The van der Waals surface area contributed by atoms with Crippen molar-refractivity contribution in [2.75, 3.05) is 26.7 Å². The minimum atomic E-state index is -1.02. The van der Waals surface area contributed by atoms with E-state index < -0.39 is 11.5 Å². The summed E-state index contributed by atoms with van der Waals surface area (Å²) in [7, 11) is 1.65. The molecule has 112 valence electrons. The summed E-state index contributed by atoms with van der Waals surface area (Å²) in [5, 5.41) is 8.89. The van der Waals surface area contributed by atoms with E-state index in [1.165, 1.54) is 9.80 Å². The minimum absolute atomic E-state index is 0.112. The molecule has 0 aliphatic carbocycles. The van der Waals surface area contributed by atoms with Crippen molar-refractivity contribution in [1.82, 2.24) is 9.80 Å². The molecule has 0 spiro atoms. The van der Waals surface area contributed by atoms with Gasteiger partial charge in [0.1, 0.15) is 6.54 Å². The Morgan fingerprint density at radius 1 is 1.26 bits per heavy atom. The molecule has 0 aromatic carbocycles. The minimum Gasteiger partial charge on any atom is -0.480 e. The number of carboxylic acid groups (broad SMARTS) is 1. The van der Waals surface area contributed by atoms with E-state index in [1.54, 1.807) is 7.05 Å². The third-order valence-electron chi connectivity index (χ3n) is 2.54. The standard InChI is InChI=1S/C13H26N2O4/c1-10(2)19-8-7-14(6)12(18)15(9-11(16)17)13(3,4)5/h10H,7-9H2,1-6H3,(H,16,17). The number of urea groups is 1. The number of rotatable bonds is 6. The Morgan fingerprint density at radius 3 is 2.16 bits per heavy atom. The molecule has 0 heterocycles. The van der Waals surface area contributed by atoms with Crippen LogP contribution in [0.2, 0.25) is 0 Å². The van der Waals surface area contributed by atoms with Gasteiger partial charge in [-0.3, -0.25) is 4.79 Å². The molecule has 0 radical (unpaired) electrons. The Bertz CT molecular complexity index is 310. The molecule has 0 saturated heterocycles. The Hall–Kier alpha value is -1.30. The molecule has 2 amide bonds. The second-order valence-corrected chi connectivity index (χ2v) is 5.77. The number of ether oxygens (including phenoxy) is 1. The van der Waals surface area contributed by atoms with Gasteiger partial charge in [0, 0.05) is 19.1 Å². The zero-order valence-electron chi connectivity index (χ0n) is 12.8. The molecule has 0 saturated carbocycles. The van der Waals surface area contributed by atoms with Crippen molar-refractivity contribution < 1.29 is 19.4 Å². The highest BCUT2D eigenvalue weighted by Gasteiger charge is 2.30. The van der Waals surface area contributed by atoms with E-state index in [2.05, 4.69) is 0 Å². The van der Waals surface area contributed by atoms with E-state index in [4.69, 9.17) is 9.84 Å². The van der Waals surface area contributed by atoms with E-state index in [1.807, 2.05) is 34.6 Å². The summed E-state index contributed by atoms with van der Waals surface area (Å²) >= 11 is 0. The quantitative estimate of drug-likeness (QED) is 0.799. The fraction of sp³-hybridized carbons (Fsp3) is 0.846. The summed E-state index contributed by atoms with van der Waals surface area (Å²) in [6, 6.07) is -0.303. The van der Waals surface area contributed by atoms with Crippen LogP contribution in [0.1, 0.15) is 34.6 Å².